The molecule has 0 aliphatic rings. The van der Waals surface area contributed by atoms with Gasteiger partial charge in [0.25, 0.3) is 0 Å². The van der Waals surface area contributed by atoms with Gasteiger partial charge in [0.15, 0.2) is 0 Å². The van der Waals surface area contributed by atoms with Gasteiger partial charge in [0, 0.05) is 0 Å². The Morgan fingerprint density at radius 1 is 0.409 bits per heavy atom. The van der Waals surface area contributed by atoms with E-state index in [0.29, 0.717) is 0 Å². The average molecular weight is 286 g/mol. The SMILES string of the molecule is Oc1ccc2cc(-c3ccc4cc(O)ccc4c3)ccc2c1. The van der Waals surface area contributed by atoms with Gasteiger partial charge in [-0.25, -0.2) is 0 Å². The van der Waals surface area contributed by atoms with Crippen molar-refractivity contribution in [1.29, 1.82) is 0 Å². The van der Waals surface area contributed by atoms with E-state index >= 15 is 0 Å². The van der Waals surface area contributed by atoms with Gasteiger partial charge in [-0.3, -0.25) is 0 Å². The molecule has 0 fully saturated rings. The number of aromatic hydroxyl groups is 2. The van der Waals surface area contributed by atoms with E-state index in [0.717, 1.165) is 32.7 Å². The Kier molecular flexibility index (Phi) is 2.76. The second-order valence-corrected chi connectivity index (χ2v) is 5.49. The van der Waals surface area contributed by atoms with Crippen molar-refractivity contribution in [3.05, 3.63) is 72.8 Å². The van der Waals surface area contributed by atoms with E-state index in [2.05, 4.69) is 24.3 Å². The Morgan fingerprint density at radius 3 is 1.23 bits per heavy atom. The van der Waals surface area contributed by atoms with Crippen LogP contribution < -0.4 is 0 Å². The third-order valence-electron chi connectivity index (χ3n) is 3.98. The maximum Gasteiger partial charge on any atom is 0.116 e. The molecule has 0 atom stereocenters. The summed E-state index contributed by atoms with van der Waals surface area (Å²) in [7, 11) is 0. The molecule has 0 aliphatic heterocycles. The van der Waals surface area contributed by atoms with E-state index < -0.39 is 0 Å². The number of benzene rings is 4. The molecule has 4 aromatic rings. The minimum Gasteiger partial charge on any atom is -0.508 e. The molecule has 0 spiro atoms. The van der Waals surface area contributed by atoms with Crippen LogP contribution in [0.15, 0.2) is 72.8 Å². The number of fused-ring (bicyclic) bond motifs is 2. The molecular weight excluding hydrogens is 272 g/mol. The molecule has 2 N–H and O–H groups in total. The number of hydrogen-bond acceptors (Lipinski definition) is 2. The molecule has 2 nitrogen and oxygen atoms in total. The van der Waals surface area contributed by atoms with Gasteiger partial charge >= 0.3 is 0 Å². The summed E-state index contributed by atoms with van der Waals surface area (Å²) in [6.45, 7) is 0. The van der Waals surface area contributed by atoms with Gasteiger partial charge in [-0.2, -0.15) is 0 Å². The first kappa shape index (κ1) is 12.7. The van der Waals surface area contributed by atoms with Crippen molar-refractivity contribution in [1.82, 2.24) is 0 Å². The fourth-order valence-corrected chi connectivity index (χ4v) is 2.83. The summed E-state index contributed by atoms with van der Waals surface area (Å²) in [6, 6.07) is 23.2. The topological polar surface area (TPSA) is 40.5 Å². The summed E-state index contributed by atoms with van der Waals surface area (Å²) in [5.74, 6) is 0.566. The zero-order chi connectivity index (χ0) is 15.1. The van der Waals surface area contributed by atoms with Crippen molar-refractivity contribution in [3.8, 4) is 22.6 Å². The lowest BCUT2D eigenvalue weighted by Crippen LogP contribution is -1.81. The van der Waals surface area contributed by atoms with Gasteiger partial charge in [-0.05, 0) is 69.1 Å². The maximum atomic E-state index is 9.54. The maximum absolute atomic E-state index is 9.54. The van der Waals surface area contributed by atoms with E-state index in [1.165, 1.54) is 0 Å². The predicted octanol–water partition coefficient (Wildman–Crippen LogP) is 5.07. The minimum atomic E-state index is 0.283. The lowest BCUT2D eigenvalue weighted by molar-refractivity contribution is 0.475. The standard InChI is InChI=1S/C20H14O2/c21-19-7-5-15-9-13(1-3-17(15)11-19)14-2-4-18-12-20(22)8-6-16(18)10-14/h1-12,21-22H. The molecule has 106 valence electrons. The first-order valence-electron chi connectivity index (χ1n) is 7.15. The Morgan fingerprint density at radius 2 is 0.773 bits per heavy atom. The molecule has 4 aromatic carbocycles. The normalized spacial score (nSPS) is 11.1. The van der Waals surface area contributed by atoms with Crippen molar-refractivity contribution in [2.75, 3.05) is 0 Å². The number of rotatable bonds is 1. The molecule has 0 heterocycles. The molecule has 0 saturated heterocycles. The van der Waals surface area contributed by atoms with Crippen LogP contribution in [0.4, 0.5) is 0 Å². The fraction of sp³-hybridized carbons (Fsp3) is 0. The molecule has 0 unspecified atom stereocenters. The van der Waals surface area contributed by atoms with Crippen molar-refractivity contribution in [2.45, 2.75) is 0 Å². The summed E-state index contributed by atoms with van der Waals surface area (Å²) in [6.07, 6.45) is 0. The highest BCUT2D eigenvalue weighted by atomic mass is 16.3. The molecular formula is C20H14O2. The van der Waals surface area contributed by atoms with Crippen LogP contribution in [-0.2, 0) is 0 Å². The quantitative estimate of drug-likeness (QED) is 0.513. The number of phenolic OH excluding ortho intramolecular Hbond substituents is 2. The number of hydrogen-bond donors (Lipinski definition) is 2. The zero-order valence-corrected chi connectivity index (χ0v) is 11.8. The number of phenols is 2. The van der Waals surface area contributed by atoms with E-state index in [1.807, 2.05) is 24.3 Å². The van der Waals surface area contributed by atoms with Crippen molar-refractivity contribution in [2.24, 2.45) is 0 Å². The fourth-order valence-electron chi connectivity index (χ4n) is 2.83. The van der Waals surface area contributed by atoms with Crippen LogP contribution >= 0.6 is 0 Å². The Bertz CT molecular complexity index is 920. The second-order valence-electron chi connectivity index (χ2n) is 5.49. The van der Waals surface area contributed by atoms with Gasteiger partial charge in [0.1, 0.15) is 11.5 Å². The smallest absolute Gasteiger partial charge is 0.116 e. The third kappa shape index (κ3) is 2.15. The molecule has 4 rings (SSSR count). The highest BCUT2D eigenvalue weighted by Crippen LogP contribution is 2.29. The summed E-state index contributed by atoms with van der Waals surface area (Å²) < 4.78 is 0. The summed E-state index contributed by atoms with van der Waals surface area (Å²) in [5.41, 5.74) is 2.27. The van der Waals surface area contributed by atoms with Gasteiger partial charge in [0.05, 0.1) is 0 Å². The largest absolute Gasteiger partial charge is 0.508 e. The van der Waals surface area contributed by atoms with Crippen LogP contribution in [-0.4, -0.2) is 10.2 Å². The minimum absolute atomic E-state index is 0.283. The van der Waals surface area contributed by atoms with Crippen LogP contribution in [0.2, 0.25) is 0 Å². The van der Waals surface area contributed by atoms with Crippen molar-refractivity contribution in [3.63, 3.8) is 0 Å². The average Bonchev–Trinajstić information content (AvgIpc) is 2.54. The van der Waals surface area contributed by atoms with E-state index in [1.54, 1.807) is 24.3 Å². The third-order valence-corrected chi connectivity index (χ3v) is 3.98. The second kappa shape index (κ2) is 4.78. The molecule has 0 aromatic heterocycles. The molecule has 22 heavy (non-hydrogen) atoms. The Hall–Kier alpha value is -3.00. The predicted molar refractivity (Wildman–Crippen MR) is 90.2 cm³/mol. The van der Waals surface area contributed by atoms with E-state index in [-0.39, 0.29) is 11.5 Å². The van der Waals surface area contributed by atoms with Gasteiger partial charge in [-0.1, -0.05) is 36.4 Å². The molecule has 0 radical (unpaired) electrons. The van der Waals surface area contributed by atoms with Crippen molar-refractivity contribution >= 4 is 21.5 Å². The molecule has 0 amide bonds. The monoisotopic (exact) mass is 286 g/mol. The lowest BCUT2D eigenvalue weighted by atomic mass is 9.98. The summed E-state index contributed by atoms with van der Waals surface area (Å²) in [5, 5.41) is 23.3. The van der Waals surface area contributed by atoms with Crippen LogP contribution in [0.5, 0.6) is 11.5 Å². The lowest BCUT2D eigenvalue weighted by Gasteiger charge is -2.07. The first-order chi connectivity index (χ1) is 10.7. The Balaban J connectivity index is 1.87. The summed E-state index contributed by atoms with van der Waals surface area (Å²) in [4.78, 5) is 0. The van der Waals surface area contributed by atoms with Crippen LogP contribution in [0, 0.1) is 0 Å². The zero-order valence-electron chi connectivity index (χ0n) is 11.8. The molecule has 2 heteroatoms. The molecule has 0 aliphatic carbocycles. The highest BCUT2D eigenvalue weighted by molar-refractivity contribution is 5.92. The van der Waals surface area contributed by atoms with E-state index in [4.69, 9.17) is 0 Å². The van der Waals surface area contributed by atoms with Gasteiger partial charge < -0.3 is 10.2 Å². The van der Waals surface area contributed by atoms with Crippen molar-refractivity contribution < 1.29 is 10.2 Å². The van der Waals surface area contributed by atoms with Crippen LogP contribution in [0.1, 0.15) is 0 Å². The molecule has 0 saturated carbocycles. The van der Waals surface area contributed by atoms with Gasteiger partial charge in [-0.15, -0.1) is 0 Å². The Labute approximate surface area is 127 Å². The van der Waals surface area contributed by atoms with Gasteiger partial charge in [0.2, 0.25) is 0 Å². The van der Waals surface area contributed by atoms with E-state index in [9.17, 15) is 10.2 Å². The highest BCUT2D eigenvalue weighted by Gasteiger charge is 2.03. The van der Waals surface area contributed by atoms with Crippen LogP contribution in [0.25, 0.3) is 32.7 Å². The summed E-state index contributed by atoms with van der Waals surface area (Å²) >= 11 is 0. The van der Waals surface area contributed by atoms with Crippen LogP contribution in [0.3, 0.4) is 0 Å². The first-order valence-corrected chi connectivity index (χ1v) is 7.15. The molecule has 0 bridgehead atoms.